The Morgan fingerprint density at radius 3 is 3.00 bits per heavy atom. The summed E-state index contributed by atoms with van der Waals surface area (Å²) in [5.74, 6) is 0.559. The molecule has 20 heavy (non-hydrogen) atoms. The van der Waals surface area contributed by atoms with Crippen molar-refractivity contribution in [3.8, 4) is 11.5 Å². The molecule has 1 unspecified atom stereocenters. The van der Waals surface area contributed by atoms with Gasteiger partial charge in [0.2, 0.25) is 0 Å². The lowest BCUT2D eigenvalue weighted by Gasteiger charge is -2.22. The molecule has 0 aliphatic carbocycles. The van der Waals surface area contributed by atoms with E-state index in [9.17, 15) is 5.11 Å². The summed E-state index contributed by atoms with van der Waals surface area (Å²) in [6, 6.07) is 3.36. The molecule has 0 radical (unpaired) electrons. The van der Waals surface area contributed by atoms with E-state index in [1.165, 1.54) is 20.0 Å². The van der Waals surface area contributed by atoms with Gasteiger partial charge in [0.05, 0.1) is 13.2 Å². The van der Waals surface area contributed by atoms with Crippen LogP contribution in [0.2, 0.25) is 5.02 Å². The van der Waals surface area contributed by atoms with Gasteiger partial charge < -0.3 is 19.9 Å². The van der Waals surface area contributed by atoms with Crippen LogP contribution >= 0.6 is 11.6 Å². The highest BCUT2D eigenvalue weighted by Gasteiger charge is 2.13. The van der Waals surface area contributed by atoms with Crippen LogP contribution < -0.4 is 10.1 Å². The van der Waals surface area contributed by atoms with E-state index in [4.69, 9.17) is 21.1 Å². The summed E-state index contributed by atoms with van der Waals surface area (Å²) in [4.78, 5) is 0. The van der Waals surface area contributed by atoms with E-state index in [-0.39, 0.29) is 5.75 Å². The first-order valence-corrected chi connectivity index (χ1v) is 7.46. The van der Waals surface area contributed by atoms with Crippen molar-refractivity contribution in [2.45, 2.75) is 38.3 Å². The van der Waals surface area contributed by atoms with Crippen LogP contribution in [0.1, 0.15) is 31.2 Å². The van der Waals surface area contributed by atoms with Crippen molar-refractivity contribution in [3.63, 3.8) is 0 Å². The monoisotopic (exact) mass is 299 g/mol. The third-order valence-electron chi connectivity index (χ3n) is 3.57. The minimum absolute atomic E-state index is 0.151. The Kier molecular flexibility index (Phi) is 5.95. The van der Waals surface area contributed by atoms with E-state index >= 15 is 0 Å². The molecule has 5 heteroatoms. The molecule has 1 atom stereocenters. The number of phenols is 1. The Balaban J connectivity index is 1.80. The molecule has 1 saturated heterocycles. The minimum Gasteiger partial charge on any atom is -0.504 e. The van der Waals surface area contributed by atoms with Crippen molar-refractivity contribution in [1.29, 1.82) is 0 Å². The molecule has 112 valence electrons. The minimum atomic E-state index is 0.151. The average Bonchev–Trinajstić information content (AvgIpc) is 2.47. The molecule has 1 aliphatic rings. The highest BCUT2D eigenvalue weighted by molar-refractivity contribution is 6.30. The first-order valence-electron chi connectivity index (χ1n) is 7.08. The van der Waals surface area contributed by atoms with E-state index in [1.807, 2.05) is 0 Å². The van der Waals surface area contributed by atoms with Gasteiger partial charge >= 0.3 is 0 Å². The number of rotatable bonds is 6. The van der Waals surface area contributed by atoms with Gasteiger partial charge in [-0.25, -0.2) is 0 Å². The number of hydrogen-bond acceptors (Lipinski definition) is 4. The van der Waals surface area contributed by atoms with Gasteiger partial charge in [0.25, 0.3) is 0 Å². The topological polar surface area (TPSA) is 50.7 Å². The van der Waals surface area contributed by atoms with Crippen LogP contribution in [0.3, 0.4) is 0 Å². The maximum atomic E-state index is 10.0. The Bertz CT molecular complexity index is 433. The first-order chi connectivity index (χ1) is 9.70. The van der Waals surface area contributed by atoms with Gasteiger partial charge in [-0.15, -0.1) is 0 Å². The van der Waals surface area contributed by atoms with Gasteiger partial charge in [0.1, 0.15) is 0 Å². The largest absolute Gasteiger partial charge is 0.504 e. The second-order valence-electron chi connectivity index (χ2n) is 5.07. The van der Waals surface area contributed by atoms with E-state index < -0.39 is 0 Å². The molecule has 0 amide bonds. The Morgan fingerprint density at radius 2 is 2.30 bits per heavy atom. The number of halogens is 1. The summed E-state index contributed by atoms with van der Waals surface area (Å²) in [6.07, 6.45) is 4.96. The fourth-order valence-corrected chi connectivity index (χ4v) is 2.67. The second-order valence-corrected chi connectivity index (χ2v) is 5.51. The molecule has 4 nitrogen and oxygen atoms in total. The van der Waals surface area contributed by atoms with Crippen molar-refractivity contribution in [3.05, 3.63) is 22.7 Å². The molecule has 0 bridgehead atoms. The molecule has 1 aromatic carbocycles. The normalized spacial score (nSPS) is 19.0. The molecule has 0 aromatic heterocycles. The summed E-state index contributed by atoms with van der Waals surface area (Å²) in [6.45, 7) is 2.31. The van der Waals surface area contributed by atoms with Gasteiger partial charge in [0.15, 0.2) is 11.5 Å². The highest BCUT2D eigenvalue weighted by Crippen LogP contribution is 2.33. The number of methoxy groups -OCH3 is 1. The van der Waals surface area contributed by atoms with Gasteiger partial charge in [-0.1, -0.05) is 11.6 Å². The van der Waals surface area contributed by atoms with Crippen molar-refractivity contribution >= 4 is 11.6 Å². The molecule has 1 aromatic rings. The Morgan fingerprint density at radius 1 is 1.45 bits per heavy atom. The Hall–Kier alpha value is -0.970. The van der Waals surface area contributed by atoms with Crippen LogP contribution in [-0.4, -0.2) is 31.5 Å². The lowest BCUT2D eigenvalue weighted by Crippen LogP contribution is -2.25. The fourth-order valence-electron chi connectivity index (χ4n) is 2.44. The predicted molar refractivity (Wildman–Crippen MR) is 79.6 cm³/mol. The summed E-state index contributed by atoms with van der Waals surface area (Å²) in [5.41, 5.74) is 0.749. The summed E-state index contributed by atoms with van der Waals surface area (Å²) in [5, 5.41) is 13.9. The molecule has 0 spiro atoms. The molecule has 2 rings (SSSR count). The van der Waals surface area contributed by atoms with Crippen LogP contribution in [0, 0.1) is 0 Å². The molecule has 0 saturated carbocycles. The van der Waals surface area contributed by atoms with Crippen LogP contribution in [0.5, 0.6) is 11.5 Å². The van der Waals surface area contributed by atoms with E-state index in [1.54, 1.807) is 12.1 Å². The second kappa shape index (κ2) is 7.72. The first kappa shape index (κ1) is 15.4. The molecule has 2 N–H and O–H groups in total. The van der Waals surface area contributed by atoms with E-state index in [0.717, 1.165) is 31.6 Å². The van der Waals surface area contributed by atoms with Gasteiger partial charge in [-0.3, -0.25) is 0 Å². The van der Waals surface area contributed by atoms with E-state index in [2.05, 4.69) is 5.32 Å². The van der Waals surface area contributed by atoms with Crippen molar-refractivity contribution < 1.29 is 14.6 Å². The quantitative estimate of drug-likeness (QED) is 0.793. The zero-order valence-corrected chi connectivity index (χ0v) is 12.6. The van der Waals surface area contributed by atoms with Gasteiger partial charge in [-0.2, -0.15) is 0 Å². The molecular weight excluding hydrogens is 278 g/mol. The van der Waals surface area contributed by atoms with Crippen LogP contribution in [0.4, 0.5) is 0 Å². The third kappa shape index (κ3) is 4.27. The highest BCUT2D eigenvalue weighted by atomic mass is 35.5. The molecule has 1 aliphatic heterocycles. The maximum absolute atomic E-state index is 10.0. The number of benzene rings is 1. The smallest absolute Gasteiger partial charge is 0.162 e. The number of hydrogen-bond donors (Lipinski definition) is 2. The van der Waals surface area contributed by atoms with Crippen molar-refractivity contribution in [2.75, 3.05) is 20.3 Å². The zero-order chi connectivity index (χ0) is 14.4. The summed E-state index contributed by atoms with van der Waals surface area (Å²) >= 11 is 6.00. The van der Waals surface area contributed by atoms with Crippen molar-refractivity contribution in [1.82, 2.24) is 5.32 Å². The van der Waals surface area contributed by atoms with Gasteiger partial charge in [0, 0.05) is 29.8 Å². The standard InChI is InChI=1S/C15H22ClNO3/c1-19-14-9-12(16)8-11(15(14)18)10-17-6-5-13-4-2-3-7-20-13/h8-9,13,17-18H,2-7,10H2,1H3. The summed E-state index contributed by atoms with van der Waals surface area (Å²) in [7, 11) is 1.52. The fraction of sp³-hybridized carbons (Fsp3) is 0.600. The average molecular weight is 300 g/mol. The third-order valence-corrected chi connectivity index (χ3v) is 3.79. The van der Waals surface area contributed by atoms with Crippen molar-refractivity contribution in [2.24, 2.45) is 0 Å². The maximum Gasteiger partial charge on any atom is 0.162 e. The van der Waals surface area contributed by atoms with E-state index in [0.29, 0.717) is 23.4 Å². The van der Waals surface area contributed by atoms with Crippen LogP contribution in [0.15, 0.2) is 12.1 Å². The number of phenolic OH excluding ortho intramolecular Hbond substituents is 1. The lowest BCUT2D eigenvalue weighted by molar-refractivity contribution is 0.0115. The van der Waals surface area contributed by atoms with Gasteiger partial charge in [-0.05, 0) is 38.3 Å². The SMILES string of the molecule is COc1cc(Cl)cc(CNCCC2CCCCO2)c1O. The summed E-state index contributed by atoms with van der Waals surface area (Å²) < 4.78 is 10.8. The Labute approximate surface area is 125 Å². The van der Waals surface area contributed by atoms with Crippen LogP contribution in [-0.2, 0) is 11.3 Å². The number of nitrogens with one attached hydrogen (secondary N) is 1. The number of ether oxygens (including phenoxy) is 2. The van der Waals surface area contributed by atoms with Crippen LogP contribution in [0.25, 0.3) is 0 Å². The lowest BCUT2D eigenvalue weighted by atomic mass is 10.1. The molecule has 1 fully saturated rings. The molecule has 1 heterocycles. The molecular formula is C15H22ClNO3. The predicted octanol–water partition coefficient (Wildman–Crippen LogP) is 3.10. The zero-order valence-electron chi connectivity index (χ0n) is 11.8. The number of aromatic hydroxyl groups is 1.